The zero-order chi connectivity index (χ0) is 16.4. The average Bonchev–Trinajstić information content (AvgIpc) is 2.83. The zero-order valence-electron chi connectivity index (χ0n) is 12.8. The van der Waals surface area contributed by atoms with Gasteiger partial charge in [-0.15, -0.1) is 0 Å². The number of hydrazone groups is 1. The number of halogens is 1. The molecule has 1 aliphatic heterocycles. The summed E-state index contributed by atoms with van der Waals surface area (Å²) in [6.07, 6.45) is 0. The Kier molecular flexibility index (Phi) is 3.85. The van der Waals surface area contributed by atoms with Crippen molar-refractivity contribution in [3.05, 3.63) is 101 Å². The monoisotopic (exact) mass is 331 g/mol. The molecule has 116 valence electrons. The number of hydrogen-bond donors (Lipinski definition) is 1. The van der Waals surface area contributed by atoms with Gasteiger partial charge in [0.25, 0.3) is 0 Å². The highest BCUT2D eigenvalue weighted by atomic mass is 35.5. The van der Waals surface area contributed by atoms with Crippen LogP contribution in [-0.2, 0) is 0 Å². The highest BCUT2D eigenvalue weighted by molar-refractivity contribution is 6.30. The van der Waals surface area contributed by atoms with Gasteiger partial charge in [-0.2, -0.15) is 5.10 Å². The largest absolute Gasteiger partial charge is 0.260 e. The van der Waals surface area contributed by atoms with Crippen LogP contribution in [0.4, 0.5) is 5.69 Å². The minimum Gasteiger partial charge on any atom is -0.260 e. The first-order chi connectivity index (χ1) is 11.8. The zero-order valence-corrected chi connectivity index (χ0v) is 13.5. The molecule has 0 fully saturated rings. The predicted molar refractivity (Wildman–Crippen MR) is 99.3 cm³/mol. The van der Waals surface area contributed by atoms with E-state index in [1.54, 1.807) is 0 Å². The van der Waals surface area contributed by atoms with E-state index in [-0.39, 0.29) is 0 Å². The maximum Gasteiger partial charge on any atom is 0.154 e. The first kappa shape index (κ1) is 14.7. The molecule has 0 saturated heterocycles. The van der Waals surface area contributed by atoms with Crippen LogP contribution in [0, 0.1) is 0 Å². The summed E-state index contributed by atoms with van der Waals surface area (Å²) in [4.78, 5) is 4.77. The van der Waals surface area contributed by atoms with Crippen LogP contribution < -0.4 is 5.43 Å². The molecule has 0 unspecified atom stereocenters. The third-order valence-electron chi connectivity index (χ3n) is 3.83. The van der Waals surface area contributed by atoms with Gasteiger partial charge in [0, 0.05) is 21.7 Å². The first-order valence-electron chi connectivity index (χ1n) is 7.64. The summed E-state index contributed by atoms with van der Waals surface area (Å²) < 4.78 is 0. The number of rotatable bonds is 2. The van der Waals surface area contributed by atoms with E-state index in [9.17, 15) is 0 Å². The number of fused-ring (bicyclic) bond motifs is 1. The van der Waals surface area contributed by atoms with Gasteiger partial charge in [-0.3, -0.25) is 5.43 Å². The molecule has 0 radical (unpaired) electrons. The smallest absolute Gasteiger partial charge is 0.154 e. The summed E-state index contributed by atoms with van der Waals surface area (Å²) in [5.41, 5.74) is 7.81. The lowest BCUT2D eigenvalue weighted by Crippen LogP contribution is -2.19. The number of benzene rings is 3. The van der Waals surface area contributed by atoms with E-state index in [4.69, 9.17) is 16.6 Å². The Morgan fingerprint density at radius 2 is 1.42 bits per heavy atom. The highest BCUT2D eigenvalue weighted by Gasteiger charge is 2.16. The van der Waals surface area contributed by atoms with Crippen LogP contribution in [0.2, 0.25) is 5.02 Å². The maximum absolute atomic E-state index is 6.01. The van der Waals surface area contributed by atoms with Crippen molar-refractivity contribution < 1.29 is 0 Å². The molecule has 1 N–H and O–H groups in total. The summed E-state index contributed by atoms with van der Waals surface area (Å²) in [7, 11) is 0. The second kappa shape index (κ2) is 6.30. The van der Waals surface area contributed by atoms with Crippen LogP contribution >= 0.6 is 11.6 Å². The topological polar surface area (TPSA) is 36.8 Å². The number of nitrogens with zero attached hydrogens (tertiary/aromatic N) is 2. The summed E-state index contributed by atoms with van der Waals surface area (Å²) in [5, 5.41) is 5.32. The molecule has 0 atom stereocenters. The van der Waals surface area contributed by atoms with E-state index < -0.39 is 0 Å². The fraction of sp³-hybridized carbons (Fsp3) is 0. The van der Waals surface area contributed by atoms with Crippen molar-refractivity contribution in [2.24, 2.45) is 10.1 Å². The van der Waals surface area contributed by atoms with E-state index in [1.807, 2.05) is 78.9 Å². The summed E-state index contributed by atoms with van der Waals surface area (Å²) in [6, 6.07) is 25.6. The van der Waals surface area contributed by atoms with Gasteiger partial charge in [0.1, 0.15) is 0 Å². The average molecular weight is 332 g/mol. The lowest BCUT2D eigenvalue weighted by molar-refractivity contribution is 1.03. The Morgan fingerprint density at radius 3 is 2.21 bits per heavy atom. The molecule has 4 heteroatoms. The van der Waals surface area contributed by atoms with Crippen molar-refractivity contribution in [2.45, 2.75) is 0 Å². The first-order valence-corrected chi connectivity index (χ1v) is 8.02. The number of para-hydroxylation sites is 1. The van der Waals surface area contributed by atoms with E-state index in [1.165, 1.54) is 0 Å². The highest BCUT2D eigenvalue weighted by Crippen LogP contribution is 2.26. The van der Waals surface area contributed by atoms with Crippen molar-refractivity contribution in [3.63, 3.8) is 0 Å². The third-order valence-corrected chi connectivity index (χ3v) is 4.08. The van der Waals surface area contributed by atoms with Crippen LogP contribution in [0.15, 0.2) is 89.0 Å². The van der Waals surface area contributed by atoms with Crippen LogP contribution in [0.25, 0.3) is 0 Å². The van der Waals surface area contributed by atoms with Crippen molar-refractivity contribution in [3.8, 4) is 0 Å². The van der Waals surface area contributed by atoms with Gasteiger partial charge in [0.15, 0.2) is 5.84 Å². The minimum atomic E-state index is 0.704. The van der Waals surface area contributed by atoms with Gasteiger partial charge in [-0.05, 0) is 18.2 Å². The standard InChI is InChI=1S/C20H14ClN3/c21-16-12-10-14(11-13-16)19-17-8-4-5-9-18(17)22-20(24-23-19)15-6-2-1-3-7-15/h1-13H,(H,22,24). The Bertz CT molecular complexity index is 929. The quantitative estimate of drug-likeness (QED) is 0.721. The predicted octanol–water partition coefficient (Wildman–Crippen LogP) is 4.77. The molecule has 0 spiro atoms. The van der Waals surface area contributed by atoms with Gasteiger partial charge in [0.05, 0.1) is 11.4 Å². The molecule has 0 saturated carbocycles. The Balaban J connectivity index is 1.85. The van der Waals surface area contributed by atoms with Crippen LogP contribution in [0.5, 0.6) is 0 Å². The molecule has 24 heavy (non-hydrogen) atoms. The molecule has 3 nitrogen and oxygen atoms in total. The Labute approximate surface area is 145 Å². The number of hydrogen-bond acceptors (Lipinski definition) is 3. The van der Waals surface area contributed by atoms with Gasteiger partial charge >= 0.3 is 0 Å². The number of aliphatic imine (C=N–C) groups is 1. The fourth-order valence-electron chi connectivity index (χ4n) is 2.64. The van der Waals surface area contributed by atoms with E-state index in [0.29, 0.717) is 5.02 Å². The molecule has 0 aromatic heterocycles. The summed E-state index contributed by atoms with van der Waals surface area (Å²) in [6.45, 7) is 0. The molecule has 3 aromatic rings. The van der Waals surface area contributed by atoms with Crippen molar-refractivity contribution in [1.82, 2.24) is 5.43 Å². The van der Waals surface area contributed by atoms with Crippen molar-refractivity contribution >= 4 is 28.8 Å². The molecule has 0 amide bonds. The molecule has 4 rings (SSSR count). The van der Waals surface area contributed by atoms with E-state index in [0.717, 1.165) is 33.9 Å². The number of nitrogens with one attached hydrogen (secondary N) is 1. The Morgan fingerprint density at radius 1 is 0.708 bits per heavy atom. The van der Waals surface area contributed by atoms with Crippen molar-refractivity contribution in [2.75, 3.05) is 0 Å². The molecule has 0 bridgehead atoms. The van der Waals surface area contributed by atoms with Gasteiger partial charge < -0.3 is 0 Å². The SMILES string of the molecule is Clc1ccc(C2=NNC(c3ccccc3)=Nc3ccccc32)cc1. The second-order valence-corrected chi connectivity index (χ2v) is 5.86. The van der Waals surface area contributed by atoms with Gasteiger partial charge in [-0.1, -0.05) is 72.3 Å². The van der Waals surface area contributed by atoms with Crippen LogP contribution in [0.3, 0.4) is 0 Å². The molecule has 1 aliphatic rings. The Hall–Kier alpha value is -2.91. The minimum absolute atomic E-state index is 0.704. The van der Waals surface area contributed by atoms with Gasteiger partial charge in [-0.25, -0.2) is 4.99 Å². The lowest BCUT2D eigenvalue weighted by atomic mass is 10.0. The van der Waals surface area contributed by atoms with E-state index in [2.05, 4.69) is 10.5 Å². The van der Waals surface area contributed by atoms with E-state index >= 15 is 0 Å². The fourth-order valence-corrected chi connectivity index (χ4v) is 2.76. The normalized spacial score (nSPS) is 13.2. The molecule has 3 aromatic carbocycles. The van der Waals surface area contributed by atoms with Crippen LogP contribution in [-0.4, -0.2) is 11.5 Å². The lowest BCUT2D eigenvalue weighted by Gasteiger charge is -2.07. The second-order valence-electron chi connectivity index (χ2n) is 5.42. The number of amidine groups is 1. The summed E-state index contributed by atoms with van der Waals surface area (Å²) >= 11 is 6.01. The molecule has 1 heterocycles. The molecular weight excluding hydrogens is 318 g/mol. The molecule has 0 aliphatic carbocycles. The van der Waals surface area contributed by atoms with Crippen molar-refractivity contribution in [1.29, 1.82) is 0 Å². The third kappa shape index (κ3) is 2.82. The molecular formula is C20H14ClN3. The summed E-state index contributed by atoms with van der Waals surface area (Å²) in [5.74, 6) is 0.729. The maximum atomic E-state index is 6.01. The van der Waals surface area contributed by atoms with Crippen LogP contribution in [0.1, 0.15) is 16.7 Å². The van der Waals surface area contributed by atoms with Gasteiger partial charge in [0.2, 0.25) is 0 Å².